The first kappa shape index (κ1) is 25.1. The molecule has 0 radical (unpaired) electrons. The molecule has 0 aromatic rings. The molecular formula is C20H42NO5+. The number of hydrogen-bond donors (Lipinski definition) is 0. The van der Waals surface area contributed by atoms with Crippen molar-refractivity contribution in [1.29, 1.82) is 0 Å². The Labute approximate surface area is 160 Å². The average molecular weight is 377 g/mol. The Bertz CT molecular complexity index is 287. The Balaban J connectivity index is 3.51. The zero-order valence-corrected chi connectivity index (χ0v) is 17.5. The van der Waals surface area contributed by atoms with Gasteiger partial charge < -0.3 is 9.47 Å². The molecule has 2 atom stereocenters. The van der Waals surface area contributed by atoms with Crippen LogP contribution in [0.2, 0.25) is 0 Å². The molecule has 0 bridgehead atoms. The van der Waals surface area contributed by atoms with Crippen molar-refractivity contribution in [3.8, 4) is 0 Å². The Morgan fingerprint density at radius 1 is 0.692 bits per heavy atom. The van der Waals surface area contributed by atoms with Crippen molar-refractivity contribution in [2.24, 2.45) is 11.8 Å². The Kier molecular flexibility index (Phi) is 18.3. The molecule has 6 heteroatoms. The second kappa shape index (κ2) is 18.9. The lowest BCUT2D eigenvalue weighted by molar-refractivity contribution is -0.981. The van der Waals surface area contributed by atoms with Crippen molar-refractivity contribution in [2.75, 3.05) is 39.6 Å². The van der Waals surface area contributed by atoms with E-state index in [4.69, 9.17) is 19.1 Å². The first-order valence-corrected chi connectivity index (χ1v) is 10.6. The summed E-state index contributed by atoms with van der Waals surface area (Å²) in [5, 5.41) is 0.162. The van der Waals surface area contributed by atoms with Crippen LogP contribution in [0, 0.1) is 16.7 Å². The van der Waals surface area contributed by atoms with Crippen LogP contribution in [-0.2, 0) is 19.1 Å². The molecule has 0 spiro atoms. The summed E-state index contributed by atoms with van der Waals surface area (Å²) >= 11 is 0. The molecule has 156 valence electrons. The maximum absolute atomic E-state index is 11.4. The van der Waals surface area contributed by atoms with E-state index in [0.29, 0.717) is 25.0 Å². The summed E-state index contributed by atoms with van der Waals surface area (Å²) in [4.78, 5) is 21.2. The summed E-state index contributed by atoms with van der Waals surface area (Å²) < 4.78 is 11.2. The van der Waals surface area contributed by atoms with Crippen LogP contribution in [0.3, 0.4) is 0 Å². The smallest absolute Gasteiger partial charge is 0.377 e. The highest BCUT2D eigenvalue weighted by Gasteiger charge is 2.13. The van der Waals surface area contributed by atoms with Crippen molar-refractivity contribution in [3.63, 3.8) is 0 Å². The second-order valence-corrected chi connectivity index (χ2v) is 6.87. The highest BCUT2D eigenvalue weighted by Crippen LogP contribution is 2.13. The molecule has 6 nitrogen and oxygen atoms in total. The molecule has 0 fully saturated rings. The first-order chi connectivity index (χ1) is 12.7. The minimum Gasteiger partial charge on any atom is -0.377 e. The third kappa shape index (κ3) is 15.4. The fourth-order valence-electron chi connectivity index (χ4n) is 2.67. The third-order valence-electron chi connectivity index (χ3n) is 4.64. The van der Waals surface area contributed by atoms with Gasteiger partial charge in [0, 0.05) is 13.2 Å². The van der Waals surface area contributed by atoms with Crippen LogP contribution in [-0.4, -0.2) is 44.7 Å². The zero-order chi connectivity index (χ0) is 19.5. The van der Waals surface area contributed by atoms with Crippen LogP contribution in [0.5, 0.6) is 0 Å². The molecule has 0 saturated carbocycles. The van der Waals surface area contributed by atoms with Gasteiger partial charge in [0.2, 0.25) is 0 Å². The lowest BCUT2D eigenvalue weighted by Gasteiger charge is -2.14. The van der Waals surface area contributed by atoms with Crippen molar-refractivity contribution < 1.29 is 24.2 Å². The summed E-state index contributed by atoms with van der Waals surface area (Å²) in [7, 11) is 0. The molecule has 0 aromatic carbocycles. The molecule has 0 N–H and O–H groups in total. The van der Waals surface area contributed by atoms with Crippen molar-refractivity contribution >= 4 is 0 Å². The highest BCUT2D eigenvalue weighted by atomic mass is 17.0. The predicted octanol–water partition coefficient (Wildman–Crippen LogP) is 5.09. The molecule has 0 saturated heterocycles. The molecule has 0 aliphatic carbocycles. The van der Waals surface area contributed by atoms with E-state index >= 15 is 0 Å². The van der Waals surface area contributed by atoms with Crippen LogP contribution in [0.25, 0.3) is 0 Å². The van der Waals surface area contributed by atoms with E-state index in [1.165, 1.54) is 38.5 Å². The molecule has 0 heterocycles. The second-order valence-electron chi connectivity index (χ2n) is 6.87. The first-order valence-electron chi connectivity index (χ1n) is 10.6. The average Bonchev–Trinajstić information content (AvgIpc) is 2.66. The van der Waals surface area contributed by atoms with E-state index in [2.05, 4.69) is 27.7 Å². The molecular weight excluding hydrogens is 334 g/mol. The van der Waals surface area contributed by atoms with Gasteiger partial charge in [-0.25, -0.2) is 0 Å². The molecule has 0 aliphatic heterocycles. The van der Waals surface area contributed by atoms with Gasteiger partial charge in [-0.2, -0.15) is 9.68 Å². The molecule has 0 amide bonds. The number of unbranched alkanes of at least 4 members (excludes halogenated alkanes) is 2. The monoisotopic (exact) mass is 376 g/mol. The van der Waals surface area contributed by atoms with Gasteiger partial charge in [0.15, 0.2) is 13.2 Å². The largest absolute Gasteiger partial charge is 0.477 e. The van der Waals surface area contributed by atoms with Crippen LogP contribution in [0.4, 0.5) is 0 Å². The Hall–Kier alpha value is -0.880. The molecule has 26 heavy (non-hydrogen) atoms. The predicted molar refractivity (Wildman–Crippen MR) is 104 cm³/mol. The van der Waals surface area contributed by atoms with Crippen LogP contribution >= 0.6 is 0 Å². The number of nitrogens with zero attached hydrogens (tertiary/aromatic N) is 1. The highest BCUT2D eigenvalue weighted by molar-refractivity contribution is 4.56. The van der Waals surface area contributed by atoms with Gasteiger partial charge in [0.1, 0.15) is 4.91 Å². The molecule has 2 unspecified atom stereocenters. The third-order valence-corrected chi connectivity index (χ3v) is 4.64. The van der Waals surface area contributed by atoms with Crippen molar-refractivity contribution in [3.05, 3.63) is 4.91 Å². The molecule has 0 aromatic heterocycles. The van der Waals surface area contributed by atoms with Crippen LogP contribution in [0.15, 0.2) is 0 Å². The topological polar surface area (TPSA) is 57.0 Å². The van der Waals surface area contributed by atoms with E-state index in [1.807, 2.05) is 0 Å². The maximum Gasteiger partial charge on any atom is 0.477 e. The van der Waals surface area contributed by atoms with Gasteiger partial charge in [-0.15, -0.1) is 0 Å². The number of rotatable bonds is 20. The van der Waals surface area contributed by atoms with Crippen LogP contribution < -0.4 is 0 Å². The summed E-state index contributed by atoms with van der Waals surface area (Å²) in [6.45, 7) is 11.4. The Morgan fingerprint density at radius 3 is 1.46 bits per heavy atom. The fourth-order valence-corrected chi connectivity index (χ4v) is 2.67. The van der Waals surface area contributed by atoms with Gasteiger partial charge in [-0.05, 0) is 24.7 Å². The fraction of sp³-hybridized carbons (Fsp3) is 1.00. The lowest BCUT2D eigenvalue weighted by Crippen LogP contribution is -2.19. The molecule has 0 rings (SSSR count). The summed E-state index contributed by atoms with van der Waals surface area (Å²) in [6, 6.07) is 0. The minimum atomic E-state index is 0.162. The van der Waals surface area contributed by atoms with Crippen LogP contribution in [0.1, 0.15) is 79.1 Å². The van der Waals surface area contributed by atoms with Crippen molar-refractivity contribution in [1.82, 2.24) is 0 Å². The summed E-state index contributed by atoms with van der Waals surface area (Å²) in [5.74, 6) is 1.19. The van der Waals surface area contributed by atoms with E-state index in [0.717, 1.165) is 26.1 Å². The SMILES string of the molecule is CCCCC(CC)COCCO[N+](=O)OCCOCC(CC)CCCC. The Morgan fingerprint density at radius 2 is 1.12 bits per heavy atom. The summed E-state index contributed by atoms with van der Waals surface area (Å²) in [6.07, 6.45) is 9.53. The quantitative estimate of drug-likeness (QED) is 0.219. The lowest BCUT2D eigenvalue weighted by atomic mass is 10.0. The standard InChI is InChI=1S/C20H42NO5/c1-5-9-11-19(7-3)17-23-13-15-25-21(22)26-16-14-24-18-20(8-4)12-10-6-2/h19-20H,5-18H2,1-4H3/q+1. The van der Waals surface area contributed by atoms with Gasteiger partial charge in [-0.3, -0.25) is 0 Å². The van der Waals surface area contributed by atoms with Gasteiger partial charge in [-0.1, -0.05) is 66.2 Å². The van der Waals surface area contributed by atoms with Crippen molar-refractivity contribution in [2.45, 2.75) is 79.1 Å². The van der Waals surface area contributed by atoms with E-state index in [1.54, 1.807) is 0 Å². The zero-order valence-electron chi connectivity index (χ0n) is 17.5. The number of ether oxygens (including phenoxy) is 2. The van der Waals surface area contributed by atoms with Gasteiger partial charge in [0.25, 0.3) is 0 Å². The summed E-state index contributed by atoms with van der Waals surface area (Å²) in [5.41, 5.74) is 0. The van der Waals surface area contributed by atoms with E-state index in [-0.39, 0.29) is 18.3 Å². The van der Waals surface area contributed by atoms with Gasteiger partial charge >= 0.3 is 5.09 Å². The molecule has 0 aliphatic rings. The normalized spacial score (nSPS) is 13.4. The van der Waals surface area contributed by atoms with Gasteiger partial charge in [0.05, 0.1) is 13.2 Å². The van der Waals surface area contributed by atoms with E-state index in [9.17, 15) is 4.91 Å². The minimum absolute atomic E-state index is 0.162. The maximum atomic E-state index is 11.4. The van der Waals surface area contributed by atoms with E-state index < -0.39 is 0 Å². The number of hydrogen-bond acceptors (Lipinski definition) is 5.